The second kappa shape index (κ2) is 4.02. The van der Waals surface area contributed by atoms with Crippen molar-refractivity contribution in [1.29, 1.82) is 0 Å². The van der Waals surface area contributed by atoms with Gasteiger partial charge in [-0.05, 0) is 11.7 Å². The second-order valence-corrected chi connectivity index (χ2v) is 1.24. The quantitative estimate of drug-likeness (QED) is 0.475. The second-order valence-electron chi connectivity index (χ2n) is 0.498. The van der Waals surface area contributed by atoms with Gasteiger partial charge in [-0.25, -0.2) is 4.39 Å². The third-order valence-electron chi connectivity index (χ3n) is 0.188. The van der Waals surface area contributed by atoms with Gasteiger partial charge in [-0.3, -0.25) is 0 Å². The number of hydrogen-bond acceptors (Lipinski definition) is 1. The van der Waals surface area contributed by atoms with E-state index in [9.17, 15) is 4.39 Å². The summed E-state index contributed by atoms with van der Waals surface area (Å²) < 4.78 is 10.8. The highest BCUT2D eigenvalue weighted by Crippen LogP contribution is 1.90. The van der Waals surface area contributed by atoms with Crippen LogP contribution in [0.25, 0.3) is 0 Å². The van der Waals surface area contributed by atoms with Crippen molar-refractivity contribution in [2.24, 2.45) is 0 Å². The lowest BCUT2D eigenvalue weighted by Crippen LogP contribution is -1.32. The Kier molecular flexibility index (Phi) is 4.04. The Hall–Kier alpha value is 0.0200. The van der Waals surface area contributed by atoms with Crippen LogP contribution in [-0.2, 0) is 0 Å². The average Bonchev–Trinajstić information content (AvgIpc) is 1.41. The maximum atomic E-state index is 10.8. The van der Waals surface area contributed by atoms with E-state index in [-0.39, 0.29) is 0 Å². The van der Waals surface area contributed by atoms with Crippen molar-refractivity contribution in [3.05, 3.63) is 11.7 Å². The van der Waals surface area contributed by atoms with E-state index in [0.717, 1.165) is 0 Å². The molecule has 0 bridgehead atoms. The Bertz CT molecular complexity index is 33.9. The fraction of sp³-hybridized carbons (Fsp3) is 0.333. The Labute approximate surface area is 35.1 Å². The van der Waals surface area contributed by atoms with Gasteiger partial charge < -0.3 is 0 Å². The fourth-order valence-corrected chi connectivity index (χ4v) is 0.154. The van der Waals surface area contributed by atoms with E-state index in [0.29, 0.717) is 6.33 Å². The van der Waals surface area contributed by atoms with Gasteiger partial charge in [0.2, 0.25) is 0 Å². The molecule has 0 saturated heterocycles. The largest absolute Gasteiger partial charge is 0.215 e. The van der Waals surface area contributed by atoms with Gasteiger partial charge in [0.15, 0.2) is 0 Å². The van der Waals surface area contributed by atoms with Gasteiger partial charge in [0.05, 0.1) is 6.33 Å². The Morgan fingerprint density at radius 1 is 1.80 bits per heavy atom. The van der Waals surface area contributed by atoms with Crippen LogP contribution >= 0.6 is 11.8 Å². The molecule has 0 unspecified atom stereocenters. The molecule has 0 saturated carbocycles. The first-order chi connectivity index (χ1) is 2.41. The first-order valence-electron chi connectivity index (χ1n) is 1.20. The van der Waals surface area contributed by atoms with Crippen LogP contribution < -0.4 is 0 Å². The Morgan fingerprint density at radius 2 is 2.40 bits per heavy atom. The van der Waals surface area contributed by atoms with Gasteiger partial charge in [-0.1, -0.05) is 0 Å². The number of thioether (sulfide) groups is 1. The van der Waals surface area contributed by atoms with Crippen molar-refractivity contribution in [2.75, 3.05) is 6.26 Å². The molecule has 0 aliphatic carbocycles. The van der Waals surface area contributed by atoms with E-state index in [1.807, 2.05) is 0 Å². The minimum absolute atomic E-state index is 0.519. The van der Waals surface area contributed by atoms with Crippen molar-refractivity contribution in [3.8, 4) is 0 Å². The summed E-state index contributed by atoms with van der Waals surface area (Å²) in [6, 6.07) is 0. The molecule has 30 valence electrons. The van der Waals surface area contributed by atoms with Crippen molar-refractivity contribution in [1.82, 2.24) is 0 Å². The van der Waals surface area contributed by atoms with E-state index in [2.05, 4.69) is 0 Å². The van der Waals surface area contributed by atoms with Crippen LogP contribution in [0.1, 0.15) is 0 Å². The predicted octanol–water partition coefficient (Wildman–Crippen LogP) is 1.79. The first kappa shape index (κ1) is 5.02. The highest BCUT2D eigenvalue weighted by atomic mass is 32.2. The molecule has 0 aromatic carbocycles. The van der Waals surface area contributed by atoms with Crippen molar-refractivity contribution < 1.29 is 4.39 Å². The number of hydrogen-bond donors (Lipinski definition) is 0. The number of rotatable bonds is 1. The molecular weight excluding hydrogens is 87.1 g/mol. The Balaban J connectivity index is 2.62. The molecule has 0 aromatic rings. The summed E-state index contributed by atoms with van der Waals surface area (Å²) in [5, 5.41) is 1.38. The summed E-state index contributed by atoms with van der Waals surface area (Å²) in [6.45, 7) is 0. The van der Waals surface area contributed by atoms with Crippen LogP contribution in [0, 0.1) is 0 Å². The smallest absolute Gasteiger partial charge is 0.0929 e. The van der Waals surface area contributed by atoms with Crippen LogP contribution in [0.15, 0.2) is 11.7 Å². The molecule has 0 aliphatic rings. The monoisotopic (exact) mass is 92.0 g/mol. The topological polar surface area (TPSA) is 0 Å². The van der Waals surface area contributed by atoms with Crippen LogP contribution in [0.5, 0.6) is 0 Å². The molecular formula is C3H5FS. The maximum absolute atomic E-state index is 10.8. The van der Waals surface area contributed by atoms with Crippen LogP contribution in [-0.4, -0.2) is 6.26 Å². The van der Waals surface area contributed by atoms with Gasteiger partial charge in [-0.15, -0.1) is 11.8 Å². The summed E-state index contributed by atoms with van der Waals surface area (Å²) in [4.78, 5) is 0. The van der Waals surface area contributed by atoms with Gasteiger partial charge in [0.1, 0.15) is 0 Å². The van der Waals surface area contributed by atoms with E-state index < -0.39 is 0 Å². The van der Waals surface area contributed by atoms with Crippen molar-refractivity contribution in [3.63, 3.8) is 0 Å². The van der Waals surface area contributed by atoms with Gasteiger partial charge in [0.25, 0.3) is 0 Å². The zero-order chi connectivity index (χ0) is 4.12. The zero-order valence-electron chi connectivity index (χ0n) is 2.94. The van der Waals surface area contributed by atoms with Crippen molar-refractivity contribution in [2.45, 2.75) is 0 Å². The summed E-state index contributed by atoms with van der Waals surface area (Å²) >= 11 is 1.35. The molecule has 0 nitrogen and oxygen atoms in total. The SMILES string of the molecule is CSC=CF. The molecule has 0 spiro atoms. The highest BCUT2D eigenvalue weighted by molar-refractivity contribution is 8.01. The molecule has 0 rings (SSSR count). The summed E-state index contributed by atoms with van der Waals surface area (Å²) in [6.07, 6.45) is 2.32. The summed E-state index contributed by atoms with van der Waals surface area (Å²) in [7, 11) is 0. The standard InChI is InChI=1S/C3H5FS/c1-5-3-2-4/h2-3H,1H3. The molecule has 0 atom stereocenters. The molecule has 0 aliphatic heterocycles. The Morgan fingerprint density at radius 3 is 2.40 bits per heavy atom. The minimum atomic E-state index is 0.519. The van der Waals surface area contributed by atoms with Gasteiger partial charge >= 0.3 is 0 Å². The molecule has 5 heavy (non-hydrogen) atoms. The third kappa shape index (κ3) is 4.02. The fourth-order valence-electron chi connectivity index (χ4n) is 0.0514. The predicted molar refractivity (Wildman–Crippen MR) is 23.8 cm³/mol. The first-order valence-corrected chi connectivity index (χ1v) is 2.48. The lowest BCUT2D eigenvalue weighted by Gasteiger charge is -1.63. The normalized spacial score (nSPS) is 10.0. The molecule has 0 amide bonds. The van der Waals surface area contributed by atoms with E-state index in [4.69, 9.17) is 0 Å². The maximum Gasteiger partial charge on any atom is 0.0929 e. The highest BCUT2D eigenvalue weighted by Gasteiger charge is 1.54. The number of halogens is 1. The zero-order valence-corrected chi connectivity index (χ0v) is 3.76. The molecule has 0 radical (unpaired) electrons. The lowest BCUT2D eigenvalue weighted by atomic mass is 11.2. The molecule has 2 heteroatoms. The summed E-state index contributed by atoms with van der Waals surface area (Å²) in [5.74, 6) is 0. The molecule has 0 heterocycles. The molecule has 0 fully saturated rings. The molecule has 0 aromatic heterocycles. The summed E-state index contributed by atoms with van der Waals surface area (Å²) in [5.41, 5.74) is 0. The van der Waals surface area contributed by atoms with E-state index in [1.165, 1.54) is 17.2 Å². The lowest BCUT2D eigenvalue weighted by molar-refractivity contribution is 0.724. The van der Waals surface area contributed by atoms with E-state index >= 15 is 0 Å². The minimum Gasteiger partial charge on any atom is -0.215 e. The van der Waals surface area contributed by atoms with Crippen molar-refractivity contribution >= 4 is 11.8 Å². The van der Waals surface area contributed by atoms with E-state index in [1.54, 1.807) is 6.26 Å². The average molecular weight is 92.1 g/mol. The molecule has 0 N–H and O–H groups in total. The van der Waals surface area contributed by atoms with Crippen LogP contribution in [0.2, 0.25) is 0 Å². The van der Waals surface area contributed by atoms with Gasteiger partial charge in [0, 0.05) is 0 Å². The van der Waals surface area contributed by atoms with Crippen LogP contribution in [0.3, 0.4) is 0 Å². The van der Waals surface area contributed by atoms with Gasteiger partial charge in [-0.2, -0.15) is 0 Å². The van der Waals surface area contributed by atoms with Crippen LogP contribution in [0.4, 0.5) is 4.39 Å². The third-order valence-corrected chi connectivity index (χ3v) is 0.563.